The van der Waals surface area contributed by atoms with E-state index in [1.54, 1.807) is 0 Å². The predicted octanol–water partition coefficient (Wildman–Crippen LogP) is 3.16. The third-order valence-corrected chi connectivity index (χ3v) is 3.44. The summed E-state index contributed by atoms with van der Waals surface area (Å²) in [4.78, 5) is 2.31. The van der Waals surface area contributed by atoms with Gasteiger partial charge in [-0.3, -0.25) is 0 Å². The quantitative estimate of drug-likeness (QED) is 0.747. The van der Waals surface area contributed by atoms with Gasteiger partial charge in [-0.2, -0.15) is 0 Å². The summed E-state index contributed by atoms with van der Waals surface area (Å²) < 4.78 is 27.1. The fourth-order valence-corrected chi connectivity index (χ4v) is 2.44. The average Bonchev–Trinajstić information content (AvgIpc) is 2.30. The summed E-state index contributed by atoms with van der Waals surface area (Å²) in [7, 11) is 0. The molecule has 1 aliphatic rings. The number of piperidine rings is 1. The summed E-state index contributed by atoms with van der Waals surface area (Å²) in [5.74, 6) is -0.742. The Hall–Kier alpha value is -0.960. The number of halogens is 2. The lowest BCUT2D eigenvalue weighted by Gasteiger charge is -2.31. The van der Waals surface area contributed by atoms with E-state index in [4.69, 9.17) is 0 Å². The van der Waals surface area contributed by atoms with E-state index in [-0.39, 0.29) is 5.92 Å². The summed E-state index contributed by atoms with van der Waals surface area (Å²) in [5.41, 5.74) is 0.290. The van der Waals surface area contributed by atoms with E-state index in [0.717, 1.165) is 32.5 Å². The van der Waals surface area contributed by atoms with E-state index in [2.05, 4.69) is 11.8 Å². The number of hydrogen-bond acceptors (Lipinski definition) is 1. The van der Waals surface area contributed by atoms with Crippen LogP contribution >= 0.6 is 0 Å². The van der Waals surface area contributed by atoms with Gasteiger partial charge < -0.3 is 4.90 Å². The number of rotatable bonds is 2. The minimum atomic E-state index is -0.394. The molecule has 1 aromatic rings. The van der Waals surface area contributed by atoms with Crippen molar-refractivity contribution in [3.05, 3.63) is 35.4 Å². The Kier molecular flexibility index (Phi) is 3.54. The van der Waals surface area contributed by atoms with Crippen LogP contribution < -0.4 is 0 Å². The van der Waals surface area contributed by atoms with Crippen LogP contribution in [0.4, 0.5) is 8.78 Å². The maximum atomic E-state index is 13.6. The largest absolute Gasteiger partial charge is 0.304 e. The van der Waals surface area contributed by atoms with Gasteiger partial charge in [0.25, 0.3) is 0 Å². The maximum Gasteiger partial charge on any atom is 0.129 e. The third-order valence-electron chi connectivity index (χ3n) is 3.44. The first-order valence-corrected chi connectivity index (χ1v) is 5.88. The molecule has 88 valence electrons. The van der Waals surface area contributed by atoms with Crippen molar-refractivity contribution in [1.29, 1.82) is 0 Å². The molecule has 0 amide bonds. The van der Waals surface area contributed by atoms with Gasteiger partial charge in [-0.25, -0.2) is 8.78 Å². The summed E-state index contributed by atoms with van der Waals surface area (Å²) in [6.07, 6.45) is 1.71. The van der Waals surface area contributed by atoms with Crippen molar-refractivity contribution < 1.29 is 8.78 Å². The van der Waals surface area contributed by atoms with Crippen molar-refractivity contribution in [1.82, 2.24) is 4.90 Å². The summed E-state index contributed by atoms with van der Waals surface area (Å²) in [6.45, 7) is 5.01. The van der Waals surface area contributed by atoms with Crippen molar-refractivity contribution in [2.75, 3.05) is 19.6 Å². The molecule has 1 saturated heterocycles. The molecule has 0 atom stereocenters. The first-order valence-electron chi connectivity index (χ1n) is 5.88. The highest BCUT2D eigenvalue weighted by atomic mass is 19.1. The van der Waals surface area contributed by atoms with Crippen LogP contribution in [0.3, 0.4) is 0 Å². The van der Waals surface area contributed by atoms with Crippen molar-refractivity contribution in [3.8, 4) is 0 Å². The molecule has 0 aliphatic carbocycles. The second-order valence-corrected chi connectivity index (χ2v) is 4.34. The van der Waals surface area contributed by atoms with Gasteiger partial charge in [0.1, 0.15) is 11.6 Å². The zero-order chi connectivity index (χ0) is 11.5. The van der Waals surface area contributed by atoms with Crippen molar-refractivity contribution in [2.45, 2.75) is 25.7 Å². The van der Waals surface area contributed by atoms with Gasteiger partial charge in [-0.1, -0.05) is 13.0 Å². The topological polar surface area (TPSA) is 3.24 Å². The van der Waals surface area contributed by atoms with Crippen LogP contribution in [-0.4, -0.2) is 24.5 Å². The third kappa shape index (κ3) is 2.24. The summed E-state index contributed by atoms with van der Waals surface area (Å²) in [6, 6.07) is 4.13. The Bertz CT molecular complexity index is 337. The van der Waals surface area contributed by atoms with E-state index >= 15 is 0 Å². The number of likely N-dealkylation sites (tertiary alicyclic amines) is 1. The van der Waals surface area contributed by atoms with Crippen molar-refractivity contribution >= 4 is 0 Å². The Morgan fingerprint density at radius 1 is 1.19 bits per heavy atom. The molecular weight excluding hydrogens is 208 g/mol. The molecule has 1 nitrogen and oxygen atoms in total. The van der Waals surface area contributed by atoms with Crippen LogP contribution in [0, 0.1) is 11.6 Å². The fraction of sp³-hybridized carbons (Fsp3) is 0.538. The van der Waals surface area contributed by atoms with Gasteiger partial charge in [-0.15, -0.1) is 0 Å². The Labute approximate surface area is 95.1 Å². The van der Waals surface area contributed by atoms with Crippen LogP contribution in [0.15, 0.2) is 18.2 Å². The van der Waals surface area contributed by atoms with Gasteiger partial charge >= 0.3 is 0 Å². The van der Waals surface area contributed by atoms with Crippen LogP contribution in [0.2, 0.25) is 0 Å². The van der Waals surface area contributed by atoms with E-state index in [1.807, 2.05) is 0 Å². The van der Waals surface area contributed by atoms with E-state index < -0.39 is 11.6 Å². The highest BCUT2D eigenvalue weighted by Crippen LogP contribution is 2.31. The van der Waals surface area contributed by atoms with E-state index in [9.17, 15) is 8.78 Å². The monoisotopic (exact) mass is 225 g/mol. The van der Waals surface area contributed by atoms with Crippen molar-refractivity contribution in [3.63, 3.8) is 0 Å². The van der Waals surface area contributed by atoms with Gasteiger partial charge in [-0.05, 0) is 50.5 Å². The lowest BCUT2D eigenvalue weighted by atomic mass is 9.88. The second-order valence-electron chi connectivity index (χ2n) is 4.34. The molecule has 1 aromatic carbocycles. The molecule has 0 aromatic heterocycles. The first kappa shape index (κ1) is 11.5. The van der Waals surface area contributed by atoms with Crippen LogP contribution in [0.25, 0.3) is 0 Å². The minimum Gasteiger partial charge on any atom is -0.304 e. The Balaban J connectivity index is 2.14. The SMILES string of the molecule is CCN1CCC(c2c(F)cccc2F)CC1. The molecule has 0 saturated carbocycles. The molecule has 1 heterocycles. The molecular formula is C13H17F2N. The number of hydrogen-bond donors (Lipinski definition) is 0. The lowest BCUT2D eigenvalue weighted by Crippen LogP contribution is -2.33. The molecule has 0 unspecified atom stereocenters. The fourth-order valence-electron chi connectivity index (χ4n) is 2.44. The zero-order valence-corrected chi connectivity index (χ0v) is 9.55. The zero-order valence-electron chi connectivity index (χ0n) is 9.55. The Morgan fingerprint density at radius 2 is 1.75 bits per heavy atom. The smallest absolute Gasteiger partial charge is 0.129 e. The maximum absolute atomic E-state index is 13.6. The van der Waals surface area contributed by atoms with Crippen molar-refractivity contribution in [2.24, 2.45) is 0 Å². The highest BCUT2D eigenvalue weighted by Gasteiger charge is 2.24. The second kappa shape index (κ2) is 4.91. The van der Waals surface area contributed by atoms with Gasteiger partial charge in [0.05, 0.1) is 0 Å². The molecule has 1 aliphatic heterocycles. The molecule has 0 bridgehead atoms. The lowest BCUT2D eigenvalue weighted by molar-refractivity contribution is 0.218. The van der Waals surface area contributed by atoms with Crippen LogP contribution in [0.1, 0.15) is 31.2 Å². The van der Waals surface area contributed by atoms with Gasteiger partial charge in [0, 0.05) is 5.56 Å². The summed E-state index contributed by atoms with van der Waals surface area (Å²) >= 11 is 0. The average molecular weight is 225 g/mol. The highest BCUT2D eigenvalue weighted by molar-refractivity contribution is 5.24. The molecule has 2 rings (SSSR count). The normalized spacial score (nSPS) is 18.9. The molecule has 0 N–H and O–H groups in total. The van der Waals surface area contributed by atoms with E-state index in [1.165, 1.54) is 18.2 Å². The van der Waals surface area contributed by atoms with Crippen LogP contribution in [0.5, 0.6) is 0 Å². The molecule has 0 radical (unpaired) electrons. The standard InChI is InChI=1S/C13H17F2N/c1-2-16-8-6-10(7-9-16)13-11(14)4-3-5-12(13)15/h3-5,10H,2,6-9H2,1H3. The predicted molar refractivity (Wildman–Crippen MR) is 60.4 cm³/mol. The Morgan fingerprint density at radius 3 is 2.25 bits per heavy atom. The first-order chi connectivity index (χ1) is 7.72. The van der Waals surface area contributed by atoms with Gasteiger partial charge in [0.15, 0.2) is 0 Å². The molecule has 3 heteroatoms. The number of benzene rings is 1. The summed E-state index contributed by atoms with van der Waals surface area (Å²) in [5, 5.41) is 0. The minimum absolute atomic E-state index is 0.0454. The van der Waals surface area contributed by atoms with Crippen LogP contribution in [-0.2, 0) is 0 Å². The van der Waals surface area contributed by atoms with E-state index in [0.29, 0.717) is 5.56 Å². The molecule has 1 fully saturated rings. The number of nitrogens with zero attached hydrogens (tertiary/aromatic N) is 1. The van der Waals surface area contributed by atoms with Gasteiger partial charge in [0.2, 0.25) is 0 Å². The molecule has 16 heavy (non-hydrogen) atoms. The molecule has 0 spiro atoms.